The van der Waals surface area contributed by atoms with Crippen LogP contribution in [0, 0.1) is 0 Å². The molecule has 9 heteroatoms. The van der Waals surface area contributed by atoms with Gasteiger partial charge in [-0.2, -0.15) is 15.0 Å². The first-order valence-corrected chi connectivity index (χ1v) is 4.89. The number of hydrogen-bond acceptors (Lipinski definition) is 8. The molecule has 0 bridgehead atoms. The number of anilines is 2. The molecule has 0 aliphatic heterocycles. The summed E-state index contributed by atoms with van der Waals surface area (Å²) in [5.74, 6) is 6.20. The fourth-order valence-corrected chi connectivity index (χ4v) is 1.17. The molecule has 2 heterocycles. The monoisotopic (exact) mass is 236 g/mol. The van der Waals surface area contributed by atoms with Crippen LogP contribution in [-0.2, 0) is 0 Å². The summed E-state index contributed by atoms with van der Waals surface area (Å²) in [6.07, 6.45) is 4.87. The van der Waals surface area contributed by atoms with Gasteiger partial charge in [-0.05, 0) is 0 Å². The lowest BCUT2D eigenvalue weighted by Crippen LogP contribution is -2.16. The highest BCUT2D eigenvalue weighted by Crippen LogP contribution is 2.07. The number of nitrogens with zero attached hydrogens (tertiary/aromatic N) is 5. The van der Waals surface area contributed by atoms with Gasteiger partial charge in [0.15, 0.2) is 0 Å². The van der Waals surface area contributed by atoms with Crippen LogP contribution < -0.4 is 16.6 Å². The molecule has 17 heavy (non-hydrogen) atoms. The van der Waals surface area contributed by atoms with Gasteiger partial charge in [-0.15, -0.1) is 0 Å². The van der Waals surface area contributed by atoms with Crippen molar-refractivity contribution in [3.8, 4) is 5.95 Å². The molecular weight excluding hydrogens is 224 g/mol. The third-order valence-electron chi connectivity index (χ3n) is 1.88. The first kappa shape index (κ1) is 11.2. The fraction of sp³-hybridized carbons (Fsp3) is 0.250. The number of nitrogens with one attached hydrogen (secondary N) is 2. The summed E-state index contributed by atoms with van der Waals surface area (Å²) in [6, 6.07) is 0. The van der Waals surface area contributed by atoms with Crippen LogP contribution in [0.15, 0.2) is 18.7 Å². The van der Waals surface area contributed by atoms with E-state index in [-0.39, 0.29) is 12.6 Å². The Bertz CT molecular complexity index is 470. The van der Waals surface area contributed by atoms with E-state index in [1.807, 2.05) is 0 Å². The van der Waals surface area contributed by atoms with Gasteiger partial charge >= 0.3 is 0 Å². The highest BCUT2D eigenvalue weighted by molar-refractivity contribution is 5.37. The van der Waals surface area contributed by atoms with E-state index in [0.29, 0.717) is 18.4 Å². The van der Waals surface area contributed by atoms with E-state index in [1.54, 1.807) is 23.3 Å². The highest BCUT2D eigenvalue weighted by atomic mass is 16.3. The van der Waals surface area contributed by atoms with Crippen molar-refractivity contribution in [3.63, 3.8) is 0 Å². The van der Waals surface area contributed by atoms with Crippen LogP contribution in [0.2, 0.25) is 0 Å². The first-order valence-electron chi connectivity index (χ1n) is 4.89. The van der Waals surface area contributed by atoms with Crippen molar-refractivity contribution in [1.29, 1.82) is 0 Å². The average Bonchev–Trinajstić information content (AvgIpc) is 2.89. The smallest absolute Gasteiger partial charge is 0.243 e. The summed E-state index contributed by atoms with van der Waals surface area (Å²) in [5.41, 5.74) is 2.35. The zero-order valence-corrected chi connectivity index (χ0v) is 8.91. The minimum Gasteiger partial charge on any atom is -0.395 e. The summed E-state index contributed by atoms with van der Waals surface area (Å²) in [6.45, 7) is 0.328. The van der Waals surface area contributed by atoms with Gasteiger partial charge < -0.3 is 10.4 Å². The Hall–Kier alpha value is -2.26. The minimum atomic E-state index is -0.0164. The molecule has 0 aliphatic rings. The Morgan fingerprint density at radius 2 is 2.12 bits per heavy atom. The molecule has 0 radical (unpaired) electrons. The van der Waals surface area contributed by atoms with Gasteiger partial charge in [0, 0.05) is 18.9 Å². The molecule has 0 fully saturated rings. The maximum Gasteiger partial charge on any atom is 0.243 e. The molecule has 0 aromatic carbocycles. The number of rotatable bonds is 5. The molecule has 0 saturated carbocycles. The molecule has 0 atom stereocenters. The number of hydrazine groups is 1. The Kier molecular flexibility index (Phi) is 3.43. The van der Waals surface area contributed by atoms with E-state index in [4.69, 9.17) is 10.9 Å². The largest absolute Gasteiger partial charge is 0.395 e. The zero-order chi connectivity index (χ0) is 12.1. The highest BCUT2D eigenvalue weighted by Gasteiger charge is 2.06. The van der Waals surface area contributed by atoms with Crippen molar-refractivity contribution < 1.29 is 5.11 Å². The van der Waals surface area contributed by atoms with Crippen molar-refractivity contribution in [2.75, 3.05) is 23.9 Å². The van der Waals surface area contributed by atoms with Crippen LogP contribution in [0.25, 0.3) is 5.95 Å². The first-order chi connectivity index (χ1) is 8.33. The third-order valence-corrected chi connectivity index (χ3v) is 1.88. The maximum atomic E-state index is 8.72. The van der Waals surface area contributed by atoms with Gasteiger partial charge in [0.1, 0.15) is 6.33 Å². The van der Waals surface area contributed by atoms with E-state index in [2.05, 4.69) is 30.7 Å². The van der Waals surface area contributed by atoms with Crippen LogP contribution in [0.3, 0.4) is 0 Å². The Labute approximate surface area is 96.7 Å². The summed E-state index contributed by atoms with van der Waals surface area (Å²) >= 11 is 0. The lowest BCUT2D eigenvalue weighted by molar-refractivity contribution is 0.311. The topological polar surface area (TPSA) is 127 Å². The van der Waals surface area contributed by atoms with E-state index < -0.39 is 0 Å². The number of imidazole rings is 1. The van der Waals surface area contributed by atoms with E-state index in [1.165, 1.54) is 0 Å². The van der Waals surface area contributed by atoms with Crippen molar-refractivity contribution in [1.82, 2.24) is 24.5 Å². The zero-order valence-electron chi connectivity index (χ0n) is 8.91. The van der Waals surface area contributed by atoms with Crippen LogP contribution in [0.1, 0.15) is 0 Å². The Morgan fingerprint density at radius 1 is 1.29 bits per heavy atom. The fourth-order valence-electron chi connectivity index (χ4n) is 1.17. The number of aliphatic hydroxyl groups is 1. The average molecular weight is 236 g/mol. The quantitative estimate of drug-likeness (QED) is 0.374. The molecular formula is C8H12N8O. The van der Waals surface area contributed by atoms with E-state index in [9.17, 15) is 0 Å². The second-order valence-corrected chi connectivity index (χ2v) is 3.05. The van der Waals surface area contributed by atoms with Gasteiger partial charge in [0.25, 0.3) is 0 Å². The number of hydrogen-bond donors (Lipinski definition) is 4. The third kappa shape index (κ3) is 2.65. The summed E-state index contributed by atoms with van der Waals surface area (Å²) in [4.78, 5) is 16.1. The van der Waals surface area contributed by atoms with Crippen molar-refractivity contribution in [2.24, 2.45) is 5.84 Å². The Balaban J connectivity index is 2.32. The maximum absolute atomic E-state index is 8.72. The molecule has 2 aromatic heterocycles. The summed E-state index contributed by atoms with van der Waals surface area (Å²) < 4.78 is 1.62. The molecule has 0 amide bonds. The van der Waals surface area contributed by atoms with Crippen LogP contribution in [0.4, 0.5) is 11.9 Å². The van der Waals surface area contributed by atoms with Gasteiger partial charge in [-0.1, -0.05) is 0 Å². The standard InChI is InChI=1S/C8H12N8O/c9-15-7-12-6(11-2-4-17)13-8(14-7)16-3-1-10-5-16/h1,3,5,17H,2,4,9H2,(H2,11,12,13,14,15). The second-order valence-electron chi connectivity index (χ2n) is 3.05. The molecule has 0 unspecified atom stereocenters. The second kappa shape index (κ2) is 5.18. The van der Waals surface area contributed by atoms with Crippen LogP contribution in [-0.4, -0.2) is 42.8 Å². The molecule has 2 rings (SSSR count). The molecule has 0 spiro atoms. The summed E-state index contributed by atoms with van der Waals surface area (Å²) in [7, 11) is 0. The number of aliphatic hydroxyl groups excluding tert-OH is 1. The number of nitrogen functional groups attached to an aromatic ring is 1. The summed E-state index contributed by atoms with van der Waals surface area (Å²) in [5, 5.41) is 11.5. The van der Waals surface area contributed by atoms with Crippen molar-refractivity contribution in [3.05, 3.63) is 18.7 Å². The predicted octanol–water partition coefficient (Wildman–Crippen LogP) is -1.25. The van der Waals surface area contributed by atoms with Crippen molar-refractivity contribution >= 4 is 11.9 Å². The van der Waals surface area contributed by atoms with Crippen molar-refractivity contribution in [2.45, 2.75) is 0 Å². The van der Waals surface area contributed by atoms with Gasteiger partial charge in [-0.3, -0.25) is 9.99 Å². The SMILES string of the molecule is NNc1nc(NCCO)nc(-n2ccnc2)n1. The molecule has 0 saturated heterocycles. The molecule has 90 valence electrons. The van der Waals surface area contributed by atoms with Gasteiger partial charge in [-0.25, -0.2) is 10.8 Å². The molecule has 5 N–H and O–H groups in total. The minimum absolute atomic E-state index is 0.0164. The normalized spacial score (nSPS) is 10.2. The van der Waals surface area contributed by atoms with Crippen LogP contribution in [0.5, 0.6) is 0 Å². The van der Waals surface area contributed by atoms with E-state index in [0.717, 1.165) is 0 Å². The van der Waals surface area contributed by atoms with Crippen LogP contribution >= 0.6 is 0 Å². The number of nitrogens with two attached hydrogens (primary N) is 1. The van der Waals surface area contributed by atoms with E-state index >= 15 is 0 Å². The van der Waals surface area contributed by atoms with Gasteiger partial charge in [0.05, 0.1) is 6.61 Å². The molecule has 9 nitrogen and oxygen atoms in total. The lowest BCUT2D eigenvalue weighted by Gasteiger charge is -2.07. The van der Waals surface area contributed by atoms with Gasteiger partial charge in [0.2, 0.25) is 17.8 Å². The number of aromatic nitrogens is 5. The predicted molar refractivity (Wildman–Crippen MR) is 60.3 cm³/mol. The lowest BCUT2D eigenvalue weighted by atomic mass is 10.7. The molecule has 0 aliphatic carbocycles. The molecule has 2 aromatic rings. The Morgan fingerprint density at radius 3 is 2.76 bits per heavy atom.